The Balaban J connectivity index is 2.61. The van der Waals surface area contributed by atoms with Crippen LogP contribution in [0.2, 0.25) is 0 Å². The summed E-state index contributed by atoms with van der Waals surface area (Å²) in [6.07, 6.45) is 0. The van der Waals surface area contributed by atoms with Gasteiger partial charge in [-0.25, -0.2) is 4.90 Å². The number of hydrogen-bond donors (Lipinski definition) is 1. The predicted octanol–water partition coefficient (Wildman–Crippen LogP) is -0.574. The SMILES string of the molecule is COC1(OC)CNCN1C. The number of rotatable bonds is 2. The maximum absolute atomic E-state index is 5.20. The average molecular weight is 146 g/mol. The lowest BCUT2D eigenvalue weighted by atomic mass is 10.5. The maximum atomic E-state index is 5.20. The van der Waals surface area contributed by atoms with E-state index in [9.17, 15) is 0 Å². The molecule has 0 bridgehead atoms. The first-order valence-electron chi connectivity index (χ1n) is 3.27. The van der Waals surface area contributed by atoms with E-state index in [-0.39, 0.29) is 0 Å². The first-order valence-corrected chi connectivity index (χ1v) is 3.27. The normalized spacial score (nSPS) is 25.5. The topological polar surface area (TPSA) is 33.7 Å². The second-order valence-corrected chi connectivity index (χ2v) is 2.40. The van der Waals surface area contributed by atoms with Gasteiger partial charge >= 0.3 is 0 Å². The lowest BCUT2D eigenvalue weighted by Crippen LogP contribution is -2.47. The third-order valence-electron chi connectivity index (χ3n) is 1.92. The number of hydrogen-bond acceptors (Lipinski definition) is 4. The van der Waals surface area contributed by atoms with Crippen LogP contribution in [0.4, 0.5) is 0 Å². The Morgan fingerprint density at radius 1 is 1.40 bits per heavy atom. The van der Waals surface area contributed by atoms with Crippen LogP contribution in [0.15, 0.2) is 0 Å². The molecule has 1 aliphatic rings. The van der Waals surface area contributed by atoms with Crippen LogP contribution < -0.4 is 5.32 Å². The van der Waals surface area contributed by atoms with Gasteiger partial charge in [-0.15, -0.1) is 0 Å². The predicted molar refractivity (Wildman–Crippen MR) is 37.4 cm³/mol. The van der Waals surface area contributed by atoms with Crippen molar-refractivity contribution < 1.29 is 9.47 Å². The van der Waals surface area contributed by atoms with Crippen LogP contribution in [0, 0.1) is 0 Å². The molecule has 0 aromatic rings. The fourth-order valence-corrected chi connectivity index (χ4v) is 1.18. The maximum Gasteiger partial charge on any atom is 0.243 e. The molecule has 0 unspecified atom stereocenters. The zero-order valence-corrected chi connectivity index (χ0v) is 6.68. The minimum atomic E-state index is -0.542. The van der Waals surface area contributed by atoms with Gasteiger partial charge in [-0.1, -0.05) is 0 Å². The van der Waals surface area contributed by atoms with Gasteiger partial charge in [0.25, 0.3) is 0 Å². The lowest BCUT2D eigenvalue weighted by molar-refractivity contribution is -0.263. The van der Waals surface area contributed by atoms with Crippen molar-refractivity contribution in [3.8, 4) is 0 Å². The standard InChI is InChI=1S/C6H14N2O2/c1-8-5-7-4-6(8,9-2)10-3/h7H,4-5H2,1-3H3. The van der Waals surface area contributed by atoms with Crippen LogP contribution in [0.5, 0.6) is 0 Å². The van der Waals surface area contributed by atoms with E-state index in [1.165, 1.54) is 0 Å². The molecule has 1 fully saturated rings. The molecular formula is C6H14N2O2. The minimum absolute atomic E-state index is 0.542. The quantitative estimate of drug-likeness (QED) is 0.529. The highest BCUT2D eigenvalue weighted by Gasteiger charge is 2.38. The van der Waals surface area contributed by atoms with Crippen molar-refractivity contribution in [3.05, 3.63) is 0 Å². The molecule has 0 aliphatic carbocycles. The summed E-state index contributed by atoms with van der Waals surface area (Å²) in [5.41, 5.74) is 0. The van der Waals surface area contributed by atoms with Gasteiger partial charge in [0.15, 0.2) is 0 Å². The summed E-state index contributed by atoms with van der Waals surface area (Å²) in [4.78, 5) is 1.98. The van der Waals surface area contributed by atoms with Gasteiger partial charge in [-0.2, -0.15) is 0 Å². The Hall–Kier alpha value is -0.160. The molecule has 0 saturated carbocycles. The Bertz CT molecular complexity index is 114. The molecule has 1 aliphatic heterocycles. The smallest absolute Gasteiger partial charge is 0.243 e. The van der Waals surface area contributed by atoms with Gasteiger partial charge < -0.3 is 9.47 Å². The van der Waals surface area contributed by atoms with Crippen molar-refractivity contribution in [2.75, 3.05) is 34.5 Å². The second-order valence-electron chi connectivity index (χ2n) is 2.40. The van der Waals surface area contributed by atoms with Gasteiger partial charge in [0.2, 0.25) is 5.91 Å². The summed E-state index contributed by atoms with van der Waals surface area (Å²) in [6.45, 7) is 1.53. The number of ether oxygens (including phenoxy) is 2. The van der Waals surface area contributed by atoms with Crippen molar-refractivity contribution in [3.63, 3.8) is 0 Å². The molecule has 1 N–H and O–H groups in total. The second kappa shape index (κ2) is 2.84. The van der Waals surface area contributed by atoms with E-state index in [0.29, 0.717) is 0 Å². The molecule has 0 amide bonds. The molecule has 0 radical (unpaired) electrons. The Kier molecular flexibility index (Phi) is 2.25. The van der Waals surface area contributed by atoms with E-state index in [2.05, 4.69) is 5.32 Å². The summed E-state index contributed by atoms with van der Waals surface area (Å²) in [5, 5.41) is 3.14. The van der Waals surface area contributed by atoms with Crippen molar-refractivity contribution >= 4 is 0 Å². The molecular weight excluding hydrogens is 132 g/mol. The number of nitrogens with one attached hydrogen (secondary N) is 1. The van der Waals surface area contributed by atoms with E-state index >= 15 is 0 Å². The molecule has 0 aromatic heterocycles. The molecule has 0 spiro atoms. The summed E-state index contributed by atoms with van der Waals surface area (Å²) < 4.78 is 10.4. The number of nitrogens with zero attached hydrogens (tertiary/aromatic N) is 1. The fraction of sp³-hybridized carbons (Fsp3) is 1.00. The largest absolute Gasteiger partial charge is 0.340 e. The highest BCUT2D eigenvalue weighted by Crippen LogP contribution is 2.17. The summed E-state index contributed by atoms with van der Waals surface area (Å²) >= 11 is 0. The molecule has 1 rings (SSSR count). The van der Waals surface area contributed by atoms with Crippen molar-refractivity contribution in [1.29, 1.82) is 0 Å². The minimum Gasteiger partial charge on any atom is -0.340 e. The lowest BCUT2D eigenvalue weighted by Gasteiger charge is -2.31. The zero-order chi connectivity index (χ0) is 7.61. The molecule has 60 valence electrons. The van der Waals surface area contributed by atoms with Gasteiger partial charge in [0, 0.05) is 14.2 Å². The molecule has 10 heavy (non-hydrogen) atoms. The highest BCUT2D eigenvalue weighted by atomic mass is 16.7. The van der Waals surface area contributed by atoms with E-state index < -0.39 is 5.91 Å². The van der Waals surface area contributed by atoms with Crippen LogP contribution in [0.3, 0.4) is 0 Å². The Labute approximate surface area is 61.1 Å². The number of methoxy groups -OCH3 is 2. The highest BCUT2D eigenvalue weighted by molar-refractivity contribution is 4.77. The summed E-state index contributed by atoms with van der Waals surface area (Å²) in [7, 11) is 5.24. The molecule has 1 heterocycles. The Morgan fingerprint density at radius 3 is 2.20 bits per heavy atom. The van der Waals surface area contributed by atoms with Crippen LogP contribution in [0.1, 0.15) is 0 Å². The first-order chi connectivity index (χ1) is 4.75. The van der Waals surface area contributed by atoms with Gasteiger partial charge in [0.05, 0.1) is 13.2 Å². The van der Waals surface area contributed by atoms with Crippen LogP contribution >= 0.6 is 0 Å². The zero-order valence-electron chi connectivity index (χ0n) is 6.68. The third-order valence-corrected chi connectivity index (χ3v) is 1.92. The summed E-state index contributed by atoms with van der Waals surface area (Å²) in [6, 6.07) is 0. The average Bonchev–Trinajstić information content (AvgIpc) is 2.32. The van der Waals surface area contributed by atoms with Crippen molar-refractivity contribution in [2.45, 2.75) is 5.91 Å². The Morgan fingerprint density at radius 2 is 2.00 bits per heavy atom. The molecule has 0 aromatic carbocycles. The summed E-state index contributed by atoms with van der Waals surface area (Å²) in [5.74, 6) is -0.542. The fourth-order valence-electron chi connectivity index (χ4n) is 1.18. The van der Waals surface area contributed by atoms with Crippen molar-refractivity contribution in [1.82, 2.24) is 10.2 Å². The van der Waals surface area contributed by atoms with Gasteiger partial charge in [-0.05, 0) is 7.05 Å². The third kappa shape index (κ3) is 1.03. The van der Waals surface area contributed by atoms with E-state index in [4.69, 9.17) is 9.47 Å². The van der Waals surface area contributed by atoms with Crippen LogP contribution in [-0.4, -0.2) is 45.3 Å². The number of likely N-dealkylation sites (N-methyl/N-ethyl adjacent to an activating group) is 1. The molecule has 0 atom stereocenters. The van der Waals surface area contributed by atoms with Gasteiger partial charge in [0.1, 0.15) is 0 Å². The monoisotopic (exact) mass is 146 g/mol. The first kappa shape index (κ1) is 7.94. The van der Waals surface area contributed by atoms with Gasteiger partial charge in [-0.3, -0.25) is 5.32 Å². The molecule has 1 saturated heterocycles. The van der Waals surface area contributed by atoms with E-state index in [0.717, 1.165) is 13.2 Å². The van der Waals surface area contributed by atoms with E-state index in [1.807, 2.05) is 11.9 Å². The molecule has 4 heteroatoms. The van der Waals surface area contributed by atoms with Crippen LogP contribution in [0.25, 0.3) is 0 Å². The van der Waals surface area contributed by atoms with Crippen LogP contribution in [-0.2, 0) is 9.47 Å². The van der Waals surface area contributed by atoms with E-state index in [1.54, 1.807) is 14.2 Å². The van der Waals surface area contributed by atoms with Crippen molar-refractivity contribution in [2.24, 2.45) is 0 Å². The molecule has 4 nitrogen and oxygen atoms in total.